The van der Waals surface area contributed by atoms with E-state index in [1.165, 1.54) is 7.11 Å². The minimum atomic E-state index is -0.0256. The van der Waals surface area contributed by atoms with Crippen LogP contribution in [0.4, 0.5) is 0 Å². The van der Waals surface area contributed by atoms with Crippen LogP contribution in [0.3, 0.4) is 0 Å². The summed E-state index contributed by atoms with van der Waals surface area (Å²) in [4.78, 5) is 27.4. The van der Waals surface area contributed by atoms with Gasteiger partial charge in [0.1, 0.15) is 6.61 Å². The molecule has 21 heavy (non-hydrogen) atoms. The van der Waals surface area contributed by atoms with Crippen LogP contribution in [0, 0.1) is 0 Å². The van der Waals surface area contributed by atoms with Gasteiger partial charge in [0.25, 0.3) is 0 Å². The Morgan fingerprint density at radius 3 is 2.10 bits per heavy atom. The number of nitrogens with zero attached hydrogens (tertiary/aromatic N) is 2. The molecule has 1 saturated heterocycles. The number of carbonyl (C=O) groups excluding carboxylic acids is 2. The molecule has 5 nitrogen and oxygen atoms in total. The lowest BCUT2D eigenvalue weighted by atomic mass is 10.1. The Balaban J connectivity index is 1.83. The van der Waals surface area contributed by atoms with E-state index in [0.717, 1.165) is 5.56 Å². The van der Waals surface area contributed by atoms with Crippen LogP contribution in [0.1, 0.15) is 5.56 Å². The first kappa shape index (κ1) is 15.8. The summed E-state index contributed by atoms with van der Waals surface area (Å²) in [5, 5.41) is 0.663. The molecule has 0 saturated carbocycles. The Labute approximate surface area is 129 Å². The molecule has 2 rings (SSSR count). The van der Waals surface area contributed by atoms with E-state index in [-0.39, 0.29) is 18.4 Å². The van der Waals surface area contributed by atoms with E-state index in [4.69, 9.17) is 16.3 Å². The maximum absolute atomic E-state index is 12.2. The molecule has 0 radical (unpaired) electrons. The lowest BCUT2D eigenvalue weighted by Crippen LogP contribution is -2.51. The lowest BCUT2D eigenvalue weighted by molar-refractivity contribution is -0.141. The summed E-state index contributed by atoms with van der Waals surface area (Å²) >= 11 is 5.83. The predicted octanol–water partition coefficient (Wildman–Crippen LogP) is 1.20. The highest BCUT2D eigenvalue weighted by atomic mass is 35.5. The second kappa shape index (κ2) is 7.43. The third-order valence-electron chi connectivity index (χ3n) is 3.52. The molecule has 114 valence electrons. The van der Waals surface area contributed by atoms with E-state index >= 15 is 0 Å². The normalized spacial score (nSPS) is 15.1. The first-order valence-electron chi connectivity index (χ1n) is 6.89. The highest BCUT2D eigenvalue weighted by Crippen LogP contribution is 2.12. The molecule has 0 N–H and O–H groups in total. The van der Waals surface area contributed by atoms with Crippen molar-refractivity contribution in [3.8, 4) is 0 Å². The van der Waals surface area contributed by atoms with Crippen molar-refractivity contribution in [1.29, 1.82) is 0 Å². The van der Waals surface area contributed by atoms with Crippen LogP contribution in [0.5, 0.6) is 0 Å². The number of halogens is 1. The molecule has 1 aromatic rings. The second-order valence-corrected chi connectivity index (χ2v) is 5.43. The molecule has 6 heteroatoms. The summed E-state index contributed by atoms with van der Waals surface area (Å²) in [6.07, 6.45) is 0.364. The van der Waals surface area contributed by atoms with Crippen LogP contribution in [0.2, 0.25) is 5.02 Å². The zero-order valence-electron chi connectivity index (χ0n) is 12.0. The fourth-order valence-corrected chi connectivity index (χ4v) is 2.43. The third-order valence-corrected chi connectivity index (χ3v) is 3.77. The maximum Gasteiger partial charge on any atom is 0.248 e. The number of rotatable bonds is 4. The fourth-order valence-electron chi connectivity index (χ4n) is 2.31. The number of methoxy groups -OCH3 is 1. The van der Waals surface area contributed by atoms with Gasteiger partial charge >= 0.3 is 0 Å². The summed E-state index contributed by atoms with van der Waals surface area (Å²) in [5.41, 5.74) is 0.947. The number of piperazine rings is 1. The average molecular weight is 311 g/mol. The zero-order chi connectivity index (χ0) is 15.2. The first-order chi connectivity index (χ1) is 10.1. The van der Waals surface area contributed by atoms with Gasteiger partial charge in [-0.25, -0.2) is 0 Å². The fraction of sp³-hybridized carbons (Fsp3) is 0.467. The topological polar surface area (TPSA) is 49.9 Å². The average Bonchev–Trinajstić information content (AvgIpc) is 2.50. The van der Waals surface area contributed by atoms with Gasteiger partial charge in [0.05, 0.1) is 6.42 Å². The summed E-state index contributed by atoms with van der Waals surface area (Å²) in [5.74, 6) is 0.0541. The van der Waals surface area contributed by atoms with Crippen molar-refractivity contribution in [3.05, 3.63) is 34.9 Å². The SMILES string of the molecule is COCC(=O)N1CCN(C(=O)Cc2ccc(Cl)cc2)CC1. The van der Waals surface area contributed by atoms with E-state index in [9.17, 15) is 9.59 Å². The quantitative estimate of drug-likeness (QED) is 0.839. The number of benzene rings is 1. The Kier molecular flexibility index (Phi) is 5.59. The van der Waals surface area contributed by atoms with Crippen LogP contribution in [-0.2, 0) is 20.7 Å². The van der Waals surface area contributed by atoms with Crippen LogP contribution >= 0.6 is 11.6 Å². The molecule has 0 unspecified atom stereocenters. The van der Waals surface area contributed by atoms with Crippen molar-refractivity contribution in [2.24, 2.45) is 0 Å². The Hall–Kier alpha value is -1.59. The number of ether oxygens (including phenoxy) is 1. The highest BCUT2D eigenvalue weighted by Gasteiger charge is 2.23. The molecule has 0 aliphatic carbocycles. The number of carbonyl (C=O) groups is 2. The van der Waals surface area contributed by atoms with Crippen molar-refractivity contribution >= 4 is 23.4 Å². The van der Waals surface area contributed by atoms with E-state index in [1.54, 1.807) is 21.9 Å². The smallest absolute Gasteiger partial charge is 0.248 e. The molecule has 1 aliphatic heterocycles. The van der Waals surface area contributed by atoms with Crippen molar-refractivity contribution < 1.29 is 14.3 Å². The monoisotopic (exact) mass is 310 g/mol. The summed E-state index contributed by atoms with van der Waals surface area (Å²) in [6.45, 7) is 2.37. The van der Waals surface area contributed by atoms with Crippen LogP contribution in [-0.4, -0.2) is 61.5 Å². The third kappa shape index (κ3) is 4.44. The van der Waals surface area contributed by atoms with Gasteiger partial charge in [0, 0.05) is 38.3 Å². The first-order valence-corrected chi connectivity index (χ1v) is 7.27. The molecule has 1 aromatic carbocycles. The molecule has 0 spiro atoms. The van der Waals surface area contributed by atoms with Gasteiger partial charge in [-0.15, -0.1) is 0 Å². The lowest BCUT2D eigenvalue weighted by Gasteiger charge is -2.34. The van der Waals surface area contributed by atoms with Gasteiger partial charge in [-0.3, -0.25) is 9.59 Å². The van der Waals surface area contributed by atoms with Crippen LogP contribution in [0.15, 0.2) is 24.3 Å². The van der Waals surface area contributed by atoms with E-state index in [1.807, 2.05) is 12.1 Å². The van der Waals surface area contributed by atoms with Crippen molar-refractivity contribution in [2.75, 3.05) is 39.9 Å². The van der Waals surface area contributed by atoms with E-state index < -0.39 is 0 Å². The number of hydrogen-bond acceptors (Lipinski definition) is 3. The summed E-state index contributed by atoms with van der Waals surface area (Å²) in [6, 6.07) is 7.29. The largest absolute Gasteiger partial charge is 0.375 e. The number of amides is 2. The molecule has 0 atom stereocenters. The standard InChI is InChI=1S/C15H19ClN2O3/c1-21-11-15(20)18-8-6-17(7-9-18)14(19)10-12-2-4-13(16)5-3-12/h2-5H,6-11H2,1H3. The molecule has 2 amide bonds. The Bertz CT molecular complexity index is 496. The van der Waals surface area contributed by atoms with Gasteiger partial charge in [-0.1, -0.05) is 23.7 Å². The Morgan fingerprint density at radius 1 is 1.05 bits per heavy atom. The minimum Gasteiger partial charge on any atom is -0.375 e. The molecule has 1 heterocycles. The highest BCUT2D eigenvalue weighted by molar-refractivity contribution is 6.30. The second-order valence-electron chi connectivity index (χ2n) is 5.00. The van der Waals surface area contributed by atoms with E-state index in [0.29, 0.717) is 37.6 Å². The van der Waals surface area contributed by atoms with Gasteiger partial charge < -0.3 is 14.5 Å². The Morgan fingerprint density at radius 2 is 1.57 bits per heavy atom. The molecule has 1 aliphatic rings. The van der Waals surface area contributed by atoms with Gasteiger partial charge in [-0.2, -0.15) is 0 Å². The molecule has 0 bridgehead atoms. The summed E-state index contributed by atoms with van der Waals surface area (Å²) in [7, 11) is 1.50. The van der Waals surface area contributed by atoms with Gasteiger partial charge in [0.2, 0.25) is 11.8 Å². The van der Waals surface area contributed by atoms with Gasteiger partial charge in [0.15, 0.2) is 0 Å². The predicted molar refractivity (Wildman–Crippen MR) is 80.2 cm³/mol. The molecular formula is C15H19ClN2O3. The number of hydrogen-bond donors (Lipinski definition) is 0. The van der Waals surface area contributed by atoms with Crippen molar-refractivity contribution in [3.63, 3.8) is 0 Å². The minimum absolute atomic E-state index is 0.0256. The molecule has 1 fully saturated rings. The van der Waals surface area contributed by atoms with Gasteiger partial charge in [-0.05, 0) is 17.7 Å². The van der Waals surface area contributed by atoms with Crippen molar-refractivity contribution in [2.45, 2.75) is 6.42 Å². The molecular weight excluding hydrogens is 292 g/mol. The van der Waals surface area contributed by atoms with E-state index in [2.05, 4.69) is 0 Å². The molecule has 0 aromatic heterocycles. The maximum atomic E-state index is 12.2. The summed E-state index contributed by atoms with van der Waals surface area (Å²) < 4.78 is 4.84. The van der Waals surface area contributed by atoms with Crippen LogP contribution < -0.4 is 0 Å². The van der Waals surface area contributed by atoms with Crippen LogP contribution in [0.25, 0.3) is 0 Å². The zero-order valence-corrected chi connectivity index (χ0v) is 12.8. The van der Waals surface area contributed by atoms with Crippen molar-refractivity contribution in [1.82, 2.24) is 9.80 Å².